The fourth-order valence-electron chi connectivity index (χ4n) is 3.81. The molecule has 0 radical (unpaired) electrons. The van der Waals surface area contributed by atoms with Crippen molar-refractivity contribution in [2.75, 3.05) is 6.61 Å². The van der Waals surface area contributed by atoms with Crippen LogP contribution in [-0.2, 0) is 10.0 Å². The van der Waals surface area contributed by atoms with Crippen LogP contribution in [0, 0.1) is 12.7 Å². The lowest BCUT2D eigenvalue weighted by atomic mass is 9.96. The van der Waals surface area contributed by atoms with E-state index in [0.717, 1.165) is 17.4 Å². The zero-order chi connectivity index (χ0) is 25.2. The molecule has 10 heteroatoms. The Morgan fingerprint density at radius 2 is 1.89 bits per heavy atom. The van der Waals surface area contributed by atoms with E-state index in [1.165, 1.54) is 18.2 Å². The first kappa shape index (κ1) is 25.4. The van der Waals surface area contributed by atoms with Crippen molar-refractivity contribution in [3.63, 3.8) is 0 Å². The molecule has 0 saturated heterocycles. The third-order valence-corrected chi connectivity index (χ3v) is 7.69. The minimum absolute atomic E-state index is 0.171. The highest BCUT2D eigenvalue weighted by molar-refractivity contribution is 7.89. The van der Waals surface area contributed by atoms with Crippen LogP contribution >= 0.6 is 23.2 Å². The summed E-state index contributed by atoms with van der Waals surface area (Å²) in [6.45, 7) is 4.05. The quantitative estimate of drug-likeness (QED) is 0.373. The van der Waals surface area contributed by atoms with Crippen LogP contribution in [0.1, 0.15) is 42.1 Å². The van der Waals surface area contributed by atoms with E-state index in [1.54, 1.807) is 19.1 Å². The summed E-state index contributed by atoms with van der Waals surface area (Å²) in [4.78, 5) is -0.190. The van der Waals surface area contributed by atoms with Crippen molar-refractivity contribution >= 4 is 38.9 Å². The number of sulfonamides is 1. The fourth-order valence-corrected chi connectivity index (χ4v) is 5.54. The molecule has 3 aromatic rings. The van der Waals surface area contributed by atoms with Crippen molar-refractivity contribution in [2.45, 2.75) is 37.2 Å². The first-order chi connectivity index (χ1) is 16.7. The van der Waals surface area contributed by atoms with E-state index in [2.05, 4.69) is 15.2 Å². The summed E-state index contributed by atoms with van der Waals surface area (Å²) in [6.07, 6.45) is 0.419. The minimum Gasteiger partial charge on any atom is -0.494 e. The van der Waals surface area contributed by atoms with Gasteiger partial charge in [0.2, 0.25) is 10.0 Å². The zero-order valence-electron chi connectivity index (χ0n) is 19.1. The number of hydrazone groups is 1. The molecule has 0 fully saturated rings. The van der Waals surface area contributed by atoms with Crippen molar-refractivity contribution in [3.05, 3.63) is 93.2 Å². The summed E-state index contributed by atoms with van der Waals surface area (Å²) in [5.41, 5.74) is 5.42. The van der Waals surface area contributed by atoms with Gasteiger partial charge in [0, 0.05) is 16.5 Å². The van der Waals surface area contributed by atoms with E-state index < -0.39 is 21.9 Å². The summed E-state index contributed by atoms with van der Waals surface area (Å²) >= 11 is 12.5. The van der Waals surface area contributed by atoms with Gasteiger partial charge in [0.1, 0.15) is 11.6 Å². The molecule has 35 heavy (non-hydrogen) atoms. The molecular weight excluding hydrogens is 512 g/mol. The van der Waals surface area contributed by atoms with Crippen LogP contribution in [0.3, 0.4) is 0 Å². The lowest BCUT2D eigenvalue weighted by Gasteiger charge is -2.21. The summed E-state index contributed by atoms with van der Waals surface area (Å²) in [7, 11) is -4.11. The van der Waals surface area contributed by atoms with E-state index >= 15 is 0 Å². The Kier molecular flexibility index (Phi) is 7.66. The van der Waals surface area contributed by atoms with Gasteiger partial charge in [-0.3, -0.25) is 0 Å². The van der Waals surface area contributed by atoms with Gasteiger partial charge < -0.3 is 10.2 Å². The lowest BCUT2D eigenvalue weighted by Crippen LogP contribution is -2.34. The number of halogens is 3. The van der Waals surface area contributed by atoms with E-state index in [-0.39, 0.29) is 16.0 Å². The second-order valence-corrected chi connectivity index (χ2v) is 10.7. The maximum Gasteiger partial charge on any atom is 0.241 e. The van der Waals surface area contributed by atoms with Crippen molar-refractivity contribution in [1.29, 1.82) is 0 Å². The molecule has 6 nitrogen and oxygen atoms in total. The summed E-state index contributed by atoms with van der Waals surface area (Å²) in [5, 5.41) is 5.15. The minimum atomic E-state index is -4.11. The number of nitrogens with zero attached hydrogens (tertiary/aromatic N) is 1. The van der Waals surface area contributed by atoms with Crippen LogP contribution in [0.15, 0.2) is 70.7 Å². The third kappa shape index (κ3) is 5.78. The SMILES string of the molecule is CCOc1ccc(C2CC(C(NS(=O)(=O)c3ccc(C)c(F)c3)c3ccc(Cl)cc3Cl)=NN2)cc1. The Balaban J connectivity index is 1.64. The molecule has 2 atom stereocenters. The van der Waals surface area contributed by atoms with E-state index in [9.17, 15) is 12.8 Å². The Morgan fingerprint density at radius 3 is 2.54 bits per heavy atom. The highest BCUT2D eigenvalue weighted by Crippen LogP contribution is 2.34. The average molecular weight is 536 g/mol. The number of hydrogen-bond donors (Lipinski definition) is 2. The lowest BCUT2D eigenvalue weighted by molar-refractivity contribution is 0.340. The largest absolute Gasteiger partial charge is 0.494 e. The predicted molar refractivity (Wildman–Crippen MR) is 136 cm³/mol. The molecule has 2 unspecified atom stereocenters. The Hall–Kier alpha value is -2.65. The topological polar surface area (TPSA) is 79.8 Å². The average Bonchev–Trinajstić information content (AvgIpc) is 3.30. The van der Waals surface area contributed by atoms with Crippen LogP contribution in [0.4, 0.5) is 4.39 Å². The summed E-state index contributed by atoms with van der Waals surface area (Å²) in [5.74, 6) is 0.156. The van der Waals surface area contributed by atoms with Gasteiger partial charge >= 0.3 is 0 Å². The summed E-state index contributed by atoms with van der Waals surface area (Å²) < 4.78 is 48.7. The summed E-state index contributed by atoms with van der Waals surface area (Å²) in [6, 6.07) is 15.2. The highest BCUT2D eigenvalue weighted by atomic mass is 35.5. The van der Waals surface area contributed by atoms with Crippen molar-refractivity contribution < 1.29 is 17.5 Å². The molecule has 3 aromatic carbocycles. The normalized spacial score (nSPS) is 16.5. The first-order valence-corrected chi connectivity index (χ1v) is 13.2. The highest BCUT2D eigenvalue weighted by Gasteiger charge is 2.32. The van der Waals surface area contributed by atoms with Gasteiger partial charge in [-0.05, 0) is 66.9 Å². The molecule has 0 aromatic heterocycles. The van der Waals surface area contributed by atoms with Crippen LogP contribution < -0.4 is 14.9 Å². The van der Waals surface area contributed by atoms with Gasteiger partial charge in [-0.15, -0.1) is 0 Å². The van der Waals surface area contributed by atoms with Gasteiger partial charge in [0.05, 0.1) is 29.3 Å². The van der Waals surface area contributed by atoms with E-state index in [1.807, 2.05) is 31.2 Å². The maximum absolute atomic E-state index is 14.1. The molecule has 1 aliphatic rings. The number of aryl methyl sites for hydroxylation is 1. The molecule has 0 saturated carbocycles. The zero-order valence-corrected chi connectivity index (χ0v) is 21.4. The standard InChI is InChI=1S/C25H24Cl2FN3O3S/c1-3-34-18-8-5-16(6-9-18)23-14-24(30-29-23)25(20-11-7-17(26)12-21(20)27)31-35(32,33)19-10-4-15(2)22(28)13-19/h4-13,23,25,29,31H,3,14H2,1-2H3. The maximum atomic E-state index is 14.1. The molecule has 1 aliphatic heterocycles. The van der Waals surface area contributed by atoms with Crippen molar-refractivity contribution in [2.24, 2.45) is 5.10 Å². The predicted octanol–water partition coefficient (Wildman–Crippen LogP) is 5.95. The van der Waals surface area contributed by atoms with Gasteiger partial charge in [-0.1, -0.05) is 47.5 Å². The van der Waals surface area contributed by atoms with Crippen LogP contribution in [0.25, 0.3) is 0 Å². The number of hydrogen-bond acceptors (Lipinski definition) is 5. The van der Waals surface area contributed by atoms with E-state index in [4.69, 9.17) is 27.9 Å². The molecule has 1 heterocycles. The van der Waals surface area contributed by atoms with Gasteiger partial charge in [-0.25, -0.2) is 12.8 Å². The molecule has 4 rings (SSSR count). The molecule has 184 valence electrons. The Bertz CT molecular complexity index is 1360. The molecule has 0 spiro atoms. The molecule has 0 amide bonds. The second kappa shape index (κ2) is 10.5. The van der Waals surface area contributed by atoms with Gasteiger partial charge in [0.25, 0.3) is 0 Å². The molecule has 2 N–H and O–H groups in total. The van der Waals surface area contributed by atoms with Crippen LogP contribution in [0.2, 0.25) is 10.0 Å². The third-order valence-electron chi connectivity index (χ3n) is 5.70. The molecule has 0 aliphatic carbocycles. The van der Waals surface area contributed by atoms with Crippen LogP contribution in [-0.4, -0.2) is 20.7 Å². The molecule has 0 bridgehead atoms. The van der Waals surface area contributed by atoms with Crippen molar-refractivity contribution in [3.8, 4) is 5.75 Å². The molecular formula is C25H24Cl2FN3O3S. The fraction of sp³-hybridized carbons (Fsp3) is 0.240. The monoisotopic (exact) mass is 535 g/mol. The van der Waals surface area contributed by atoms with Gasteiger partial charge in [-0.2, -0.15) is 9.82 Å². The first-order valence-electron chi connectivity index (χ1n) is 11.0. The van der Waals surface area contributed by atoms with Gasteiger partial charge in [0.15, 0.2) is 0 Å². The van der Waals surface area contributed by atoms with Crippen LogP contribution in [0.5, 0.6) is 5.75 Å². The Morgan fingerprint density at radius 1 is 1.14 bits per heavy atom. The second-order valence-electron chi connectivity index (χ2n) is 8.12. The van der Waals surface area contributed by atoms with Crippen molar-refractivity contribution in [1.82, 2.24) is 10.1 Å². The smallest absolute Gasteiger partial charge is 0.241 e. The van der Waals surface area contributed by atoms with E-state index in [0.29, 0.717) is 34.9 Å². The number of rotatable bonds is 8. The number of benzene rings is 3. The number of nitrogens with one attached hydrogen (secondary N) is 2. The number of ether oxygens (including phenoxy) is 1. The Labute approximate surface area is 214 Å².